The number of benzene rings is 1. The molecule has 0 aliphatic carbocycles. The molecule has 6 heteroatoms. The van der Waals surface area contributed by atoms with Crippen LogP contribution in [-0.4, -0.2) is 56.7 Å². The lowest BCUT2D eigenvalue weighted by Gasteiger charge is -2.26. The maximum atomic E-state index is 13.0. The maximum absolute atomic E-state index is 13.0. The number of carbonyl (C=O) groups excluding carboxylic acids is 1. The fourth-order valence-corrected chi connectivity index (χ4v) is 3.70. The first-order chi connectivity index (χ1) is 12.2. The molecular weight excluding hydrogens is 319 g/mol. The Labute approximate surface area is 149 Å². The maximum Gasteiger partial charge on any atom is 0.314 e. The topological polar surface area (TPSA) is 47.6 Å². The Balaban J connectivity index is 1.30. The van der Waals surface area contributed by atoms with Crippen LogP contribution in [-0.2, 0) is 0 Å². The van der Waals surface area contributed by atoms with E-state index in [2.05, 4.69) is 20.4 Å². The van der Waals surface area contributed by atoms with Gasteiger partial charge < -0.3 is 20.4 Å². The summed E-state index contributed by atoms with van der Waals surface area (Å²) < 4.78 is 13.0. The van der Waals surface area contributed by atoms with Crippen LogP contribution in [0.3, 0.4) is 0 Å². The Morgan fingerprint density at radius 2 is 1.84 bits per heavy atom. The van der Waals surface area contributed by atoms with E-state index < -0.39 is 0 Å². The van der Waals surface area contributed by atoms with Crippen LogP contribution in [0.2, 0.25) is 0 Å². The van der Waals surface area contributed by atoms with Crippen molar-refractivity contribution in [1.82, 2.24) is 15.5 Å². The molecule has 0 bridgehead atoms. The molecule has 25 heavy (non-hydrogen) atoms. The SMILES string of the molecule is O=C(NCCN1CCCCC1)NCC1CCN(c2ccc(F)cc2)C1. The van der Waals surface area contributed by atoms with Gasteiger partial charge in [-0.25, -0.2) is 9.18 Å². The zero-order chi connectivity index (χ0) is 17.5. The Bertz CT molecular complexity index is 545. The molecule has 138 valence electrons. The van der Waals surface area contributed by atoms with Crippen molar-refractivity contribution in [1.29, 1.82) is 0 Å². The fraction of sp³-hybridized carbons (Fsp3) is 0.632. The van der Waals surface area contributed by atoms with E-state index in [-0.39, 0.29) is 11.8 Å². The molecular formula is C19H29FN4O. The van der Waals surface area contributed by atoms with Crippen LogP contribution in [0.5, 0.6) is 0 Å². The Morgan fingerprint density at radius 1 is 1.08 bits per heavy atom. The molecule has 0 saturated carbocycles. The number of halogens is 1. The van der Waals surface area contributed by atoms with Gasteiger partial charge in [0.1, 0.15) is 5.82 Å². The average Bonchev–Trinajstić information content (AvgIpc) is 3.10. The van der Waals surface area contributed by atoms with Crippen molar-refractivity contribution in [2.45, 2.75) is 25.7 Å². The van der Waals surface area contributed by atoms with Crippen molar-refractivity contribution in [3.8, 4) is 0 Å². The molecule has 2 saturated heterocycles. The third kappa shape index (κ3) is 5.59. The lowest BCUT2D eigenvalue weighted by Crippen LogP contribution is -2.43. The van der Waals surface area contributed by atoms with Crippen LogP contribution in [0, 0.1) is 11.7 Å². The van der Waals surface area contributed by atoms with E-state index in [1.165, 1.54) is 31.4 Å². The molecule has 0 radical (unpaired) electrons. The fourth-order valence-electron chi connectivity index (χ4n) is 3.70. The smallest absolute Gasteiger partial charge is 0.314 e. The first-order valence-corrected chi connectivity index (χ1v) is 9.45. The van der Waals surface area contributed by atoms with E-state index in [9.17, 15) is 9.18 Å². The monoisotopic (exact) mass is 348 g/mol. The zero-order valence-electron chi connectivity index (χ0n) is 14.8. The number of rotatable bonds is 6. The number of hydrogen-bond acceptors (Lipinski definition) is 3. The summed E-state index contributed by atoms with van der Waals surface area (Å²) in [5.74, 6) is 0.236. The van der Waals surface area contributed by atoms with Crippen molar-refractivity contribution < 1.29 is 9.18 Å². The van der Waals surface area contributed by atoms with E-state index in [1.807, 2.05) is 12.1 Å². The van der Waals surface area contributed by atoms with E-state index in [0.717, 1.165) is 44.8 Å². The summed E-state index contributed by atoms with van der Waals surface area (Å²) in [6, 6.07) is 6.56. The number of likely N-dealkylation sites (tertiary alicyclic amines) is 1. The van der Waals surface area contributed by atoms with E-state index >= 15 is 0 Å². The van der Waals surface area contributed by atoms with Crippen molar-refractivity contribution in [2.75, 3.05) is 50.7 Å². The van der Waals surface area contributed by atoms with E-state index in [4.69, 9.17) is 0 Å². The minimum absolute atomic E-state index is 0.0720. The summed E-state index contributed by atoms with van der Waals surface area (Å²) in [5, 5.41) is 5.94. The number of amides is 2. The van der Waals surface area contributed by atoms with Crippen LogP contribution >= 0.6 is 0 Å². The molecule has 2 amide bonds. The van der Waals surface area contributed by atoms with Gasteiger partial charge in [-0.05, 0) is 62.5 Å². The van der Waals surface area contributed by atoms with E-state index in [0.29, 0.717) is 19.0 Å². The largest absolute Gasteiger partial charge is 0.371 e. The van der Waals surface area contributed by atoms with Crippen LogP contribution in [0.1, 0.15) is 25.7 Å². The first kappa shape index (κ1) is 18.0. The standard InChI is InChI=1S/C19H29FN4O/c20-17-4-6-18(7-5-17)24-12-8-16(15-24)14-22-19(25)21-9-13-23-10-2-1-3-11-23/h4-7,16H,1-3,8-15H2,(H2,21,22,25). The number of carbonyl (C=O) groups is 1. The number of anilines is 1. The highest BCUT2D eigenvalue weighted by atomic mass is 19.1. The molecule has 3 rings (SSSR count). The lowest BCUT2D eigenvalue weighted by molar-refractivity contribution is 0.220. The third-order valence-electron chi connectivity index (χ3n) is 5.19. The normalized spacial score (nSPS) is 21.3. The van der Waals surface area contributed by atoms with Gasteiger partial charge in [0.2, 0.25) is 0 Å². The molecule has 1 aromatic carbocycles. The van der Waals surface area contributed by atoms with Gasteiger partial charge in [0.15, 0.2) is 0 Å². The van der Waals surface area contributed by atoms with Gasteiger partial charge >= 0.3 is 6.03 Å². The molecule has 2 aliphatic rings. The molecule has 2 fully saturated rings. The third-order valence-corrected chi connectivity index (χ3v) is 5.19. The van der Waals surface area contributed by atoms with Crippen LogP contribution in [0.4, 0.5) is 14.9 Å². The minimum Gasteiger partial charge on any atom is -0.371 e. The average molecular weight is 348 g/mol. The second kappa shape index (κ2) is 9.04. The highest BCUT2D eigenvalue weighted by molar-refractivity contribution is 5.73. The minimum atomic E-state index is -0.206. The molecule has 0 spiro atoms. The van der Waals surface area contributed by atoms with Crippen LogP contribution in [0.25, 0.3) is 0 Å². The molecule has 0 aromatic heterocycles. The second-order valence-electron chi connectivity index (χ2n) is 7.12. The van der Waals surface area contributed by atoms with Gasteiger partial charge in [-0.3, -0.25) is 0 Å². The van der Waals surface area contributed by atoms with Gasteiger partial charge in [0.25, 0.3) is 0 Å². The highest BCUT2D eigenvalue weighted by Crippen LogP contribution is 2.23. The molecule has 2 N–H and O–H groups in total. The lowest BCUT2D eigenvalue weighted by atomic mass is 10.1. The molecule has 5 nitrogen and oxygen atoms in total. The predicted octanol–water partition coefficient (Wildman–Crippen LogP) is 2.44. The molecule has 2 heterocycles. The van der Waals surface area contributed by atoms with Crippen molar-refractivity contribution >= 4 is 11.7 Å². The van der Waals surface area contributed by atoms with Crippen molar-refractivity contribution in [3.63, 3.8) is 0 Å². The molecule has 1 atom stereocenters. The number of urea groups is 1. The number of nitrogens with zero attached hydrogens (tertiary/aromatic N) is 2. The summed E-state index contributed by atoms with van der Waals surface area (Å²) in [6.07, 6.45) is 4.93. The Hall–Kier alpha value is -1.82. The van der Waals surface area contributed by atoms with Gasteiger partial charge in [-0.2, -0.15) is 0 Å². The van der Waals surface area contributed by atoms with Crippen LogP contribution < -0.4 is 15.5 Å². The first-order valence-electron chi connectivity index (χ1n) is 9.45. The zero-order valence-corrected chi connectivity index (χ0v) is 14.8. The summed E-state index contributed by atoms with van der Waals surface area (Å²) in [4.78, 5) is 16.6. The highest BCUT2D eigenvalue weighted by Gasteiger charge is 2.23. The van der Waals surface area contributed by atoms with Crippen molar-refractivity contribution in [3.05, 3.63) is 30.1 Å². The van der Waals surface area contributed by atoms with Crippen LogP contribution in [0.15, 0.2) is 24.3 Å². The summed E-state index contributed by atoms with van der Waals surface area (Å²) in [6.45, 7) is 6.50. The molecule has 2 aliphatic heterocycles. The quantitative estimate of drug-likeness (QED) is 0.830. The number of nitrogens with one attached hydrogen (secondary N) is 2. The van der Waals surface area contributed by atoms with E-state index in [1.54, 1.807) is 0 Å². The summed E-state index contributed by atoms with van der Waals surface area (Å²) >= 11 is 0. The van der Waals surface area contributed by atoms with Gasteiger partial charge in [-0.1, -0.05) is 6.42 Å². The Kier molecular flexibility index (Phi) is 6.50. The summed E-state index contributed by atoms with van der Waals surface area (Å²) in [7, 11) is 0. The van der Waals surface area contributed by atoms with Crippen molar-refractivity contribution in [2.24, 2.45) is 5.92 Å². The molecule has 1 aromatic rings. The molecule has 1 unspecified atom stereocenters. The Morgan fingerprint density at radius 3 is 2.60 bits per heavy atom. The van der Waals surface area contributed by atoms with Gasteiger partial charge in [0, 0.05) is 38.4 Å². The van der Waals surface area contributed by atoms with Gasteiger partial charge in [-0.15, -0.1) is 0 Å². The number of hydrogen-bond donors (Lipinski definition) is 2. The predicted molar refractivity (Wildman–Crippen MR) is 98.4 cm³/mol. The second-order valence-corrected chi connectivity index (χ2v) is 7.12. The number of piperidine rings is 1. The van der Waals surface area contributed by atoms with Gasteiger partial charge in [0.05, 0.1) is 0 Å². The summed E-state index contributed by atoms with van der Waals surface area (Å²) in [5.41, 5.74) is 1.05.